The molecule has 2 aliphatic rings. The first-order valence-electron chi connectivity index (χ1n) is 6.57. The van der Waals surface area contributed by atoms with Gasteiger partial charge in [-0.1, -0.05) is 12.8 Å². The number of carbonyl (C=O) groups excluding carboxylic acids is 1. The van der Waals surface area contributed by atoms with E-state index in [2.05, 4.69) is 11.0 Å². The maximum absolute atomic E-state index is 12.1. The number of hydrogen-bond donors (Lipinski definition) is 0. The van der Waals surface area contributed by atoms with Gasteiger partial charge in [-0.15, -0.1) is 11.8 Å². The zero-order valence-corrected chi connectivity index (χ0v) is 11.0. The van der Waals surface area contributed by atoms with Gasteiger partial charge in [-0.3, -0.25) is 4.79 Å². The van der Waals surface area contributed by atoms with Crippen molar-refractivity contribution < 1.29 is 4.79 Å². The fraction of sp³-hybridized carbons (Fsp3) is 0.846. The lowest BCUT2D eigenvalue weighted by Crippen LogP contribution is -2.40. The van der Waals surface area contributed by atoms with Crippen LogP contribution in [0.2, 0.25) is 0 Å². The first-order chi connectivity index (χ1) is 8.33. The van der Waals surface area contributed by atoms with Crippen molar-refractivity contribution >= 4 is 17.7 Å². The SMILES string of the molecule is N#CCSCC(=O)N1CCCC1C1CCCC1. The molecule has 1 saturated heterocycles. The summed E-state index contributed by atoms with van der Waals surface area (Å²) >= 11 is 1.44. The Kier molecular flexibility index (Phi) is 4.73. The minimum atomic E-state index is 0.250. The highest BCUT2D eigenvalue weighted by atomic mass is 32.2. The molecule has 17 heavy (non-hydrogen) atoms. The number of amides is 1. The second kappa shape index (κ2) is 6.30. The summed E-state index contributed by atoms with van der Waals surface area (Å²) in [5.74, 6) is 1.91. The van der Waals surface area contributed by atoms with Gasteiger partial charge < -0.3 is 4.90 Å². The third-order valence-electron chi connectivity index (χ3n) is 3.96. The summed E-state index contributed by atoms with van der Waals surface area (Å²) < 4.78 is 0. The molecule has 1 aliphatic heterocycles. The molecule has 0 spiro atoms. The van der Waals surface area contributed by atoms with Gasteiger partial charge in [0, 0.05) is 12.6 Å². The van der Waals surface area contributed by atoms with E-state index in [1.807, 2.05) is 0 Å². The molecule has 94 valence electrons. The van der Waals surface area contributed by atoms with Crippen LogP contribution in [0.15, 0.2) is 0 Å². The van der Waals surface area contributed by atoms with Crippen molar-refractivity contribution in [2.45, 2.75) is 44.6 Å². The fourth-order valence-electron chi connectivity index (χ4n) is 3.20. The molecule has 0 N–H and O–H groups in total. The largest absolute Gasteiger partial charge is 0.339 e. The molecule has 0 aromatic heterocycles. The zero-order valence-electron chi connectivity index (χ0n) is 10.2. The minimum absolute atomic E-state index is 0.250. The van der Waals surface area contributed by atoms with Crippen molar-refractivity contribution in [1.82, 2.24) is 4.90 Å². The zero-order chi connectivity index (χ0) is 12.1. The van der Waals surface area contributed by atoms with Gasteiger partial charge in [0.2, 0.25) is 5.91 Å². The number of rotatable bonds is 4. The summed E-state index contributed by atoms with van der Waals surface area (Å²) in [6, 6.07) is 2.58. The number of carbonyl (C=O) groups is 1. The molecule has 2 fully saturated rings. The van der Waals surface area contributed by atoms with E-state index in [-0.39, 0.29) is 5.91 Å². The molecule has 1 unspecified atom stereocenters. The van der Waals surface area contributed by atoms with E-state index in [0.717, 1.165) is 18.9 Å². The molecule has 1 atom stereocenters. The summed E-state index contributed by atoms with van der Waals surface area (Å²) in [4.78, 5) is 14.2. The highest BCUT2D eigenvalue weighted by Crippen LogP contribution is 2.35. The molecule has 1 heterocycles. The summed E-state index contributed by atoms with van der Waals surface area (Å²) in [6.07, 6.45) is 7.65. The van der Waals surface area contributed by atoms with Gasteiger partial charge in [-0.05, 0) is 31.6 Å². The van der Waals surface area contributed by atoms with Gasteiger partial charge >= 0.3 is 0 Å². The average Bonchev–Trinajstić information content (AvgIpc) is 2.99. The molecular weight excluding hydrogens is 232 g/mol. The molecule has 1 saturated carbocycles. The lowest BCUT2D eigenvalue weighted by molar-refractivity contribution is -0.130. The van der Waals surface area contributed by atoms with E-state index in [4.69, 9.17) is 5.26 Å². The number of likely N-dealkylation sites (tertiary alicyclic amines) is 1. The van der Waals surface area contributed by atoms with E-state index in [9.17, 15) is 4.79 Å². The Morgan fingerprint density at radius 2 is 2.06 bits per heavy atom. The molecule has 1 aliphatic carbocycles. The van der Waals surface area contributed by atoms with Crippen molar-refractivity contribution in [3.8, 4) is 6.07 Å². The van der Waals surface area contributed by atoms with Gasteiger partial charge in [0.1, 0.15) is 0 Å². The third kappa shape index (κ3) is 3.16. The Labute approximate surface area is 108 Å². The summed E-state index contributed by atoms with van der Waals surface area (Å²) in [5, 5.41) is 8.47. The standard InChI is InChI=1S/C13H20N2OS/c14-7-9-17-10-13(16)15-8-3-6-12(15)11-4-1-2-5-11/h11-12H,1-6,8-10H2. The summed E-state index contributed by atoms with van der Waals surface area (Å²) in [7, 11) is 0. The van der Waals surface area contributed by atoms with Crippen LogP contribution in [-0.2, 0) is 4.79 Å². The van der Waals surface area contributed by atoms with Crippen LogP contribution in [0, 0.1) is 17.2 Å². The Morgan fingerprint density at radius 3 is 2.76 bits per heavy atom. The van der Waals surface area contributed by atoms with E-state index < -0.39 is 0 Å². The summed E-state index contributed by atoms with van der Waals surface area (Å²) in [5.41, 5.74) is 0. The highest BCUT2D eigenvalue weighted by Gasteiger charge is 2.35. The van der Waals surface area contributed by atoms with Crippen molar-refractivity contribution in [1.29, 1.82) is 5.26 Å². The normalized spacial score (nSPS) is 25.1. The van der Waals surface area contributed by atoms with E-state index >= 15 is 0 Å². The van der Waals surface area contributed by atoms with Gasteiger partial charge in [-0.2, -0.15) is 5.26 Å². The van der Waals surface area contributed by atoms with Crippen LogP contribution in [0.3, 0.4) is 0 Å². The fourth-order valence-corrected chi connectivity index (χ4v) is 3.74. The molecule has 2 rings (SSSR count). The van der Waals surface area contributed by atoms with Crippen molar-refractivity contribution in [2.75, 3.05) is 18.1 Å². The van der Waals surface area contributed by atoms with Crippen molar-refractivity contribution in [2.24, 2.45) is 5.92 Å². The van der Waals surface area contributed by atoms with Crippen molar-refractivity contribution in [3.05, 3.63) is 0 Å². The van der Waals surface area contributed by atoms with Gasteiger partial charge in [0.05, 0.1) is 17.6 Å². The van der Waals surface area contributed by atoms with Crippen molar-refractivity contribution in [3.63, 3.8) is 0 Å². The van der Waals surface area contributed by atoms with Crippen LogP contribution in [0.5, 0.6) is 0 Å². The van der Waals surface area contributed by atoms with Crippen LogP contribution in [0.1, 0.15) is 38.5 Å². The number of nitrogens with zero attached hydrogens (tertiary/aromatic N) is 2. The topological polar surface area (TPSA) is 44.1 Å². The Hall–Kier alpha value is -0.690. The maximum atomic E-state index is 12.1. The third-order valence-corrected chi connectivity index (χ3v) is 4.74. The van der Waals surface area contributed by atoms with Gasteiger partial charge in [0.25, 0.3) is 0 Å². The monoisotopic (exact) mass is 252 g/mol. The lowest BCUT2D eigenvalue weighted by atomic mass is 9.96. The van der Waals surface area contributed by atoms with Crippen LogP contribution >= 0.6 is 11.8 Å². The summed E-state index contributed by atoms with van der Waals surface area (Å²) in [6.45, 7) is 0.938. The second-order valence-corrected chi connectivity index (χ2v) is 5.98. The predicted molar refractivity (Wildman–Crippen MR) is 69.6 cm³/mol. The quantitative estimate of drug-likeness (QED) is 0.722. The first kappa shape index (κ1) is 12.8. The van der Waals surface area contributed by atoms with Crippen LogP contribution in [0.4, 0.5) is 0 Å². The Morgan fingerprint density at radius 1 is 1.29 bits per heavy atom. The van der Waals surface area contributed by atoms with Gasteiger partial charge in [-0.25, -0.2) is 0 Å². The number of nitriles is 1. The molecule has 1 amide bonds. The Bertz CT molecular complexity index is 307. The van der Waals surface area contributed by atoms with Gasteiger partial charge in [0.15, 0.2) is 0 Å². The minimum Gasteiger partial charge on any atom is -0.339 e. The first-order valence-corrected chi connectivity index (χ1v) is 7.72. The smallest absolute Gasteiger partial charge is 0.232 e. The molecule has 4 heteroatoms. The number of thioether (sulfide) groups is 1. The molecule has 0 radical (unpaired) electrons. The molecule has 0 aromatic carbocycles. The molecular formula is C13H20N2OS. The second-order valence-electron chi connectivity index (χ2n) is 4.99. The maximum Gasteiger partial charge on any atom is 0.232 e. The van der Waals surface area contributed by atoms with E-state index in [1.165, 1.54) is 43.9 Å². The molecule has 3 nitrogen and oxygen atoms in total. The van der Waals surface area contributed by atoms with E-state index in [0.29, 0.717) is 17.5 Å². The molecule has 0 bridgehead atoms. The predicted octanol–water partition coefficient (Wildman–Crippen LogP) is 2.42. The molecule has 0 aromatic rings. The van der Waals surface area contributed by atoms with E-state index in [1.54, 1.807) is 0 Å². The lowest BCUT2D eigenvalue weighted by Gasteiger charge is -2.29. The van der Waals surface area contributed by atoms with Crippen LogP contribution in [0.25, 0.3) is 0 Å². The Balaban J connectivity index is 1.85. The highest BCUT2D eigenvalue weighted by molar-refractivity contribution is 8.00. The number of hydrogen-bond acceptors (Lipinski definition) is 3. The van der Waals surface area contributed by atoms with Crippen LogP contribution < -0.4 is 0 Å². The van der Waals surface area contributed by atoms with Crippen LogP contribution in [-0.4, -0.2) is 34.9 Å². The average molecular weight is 252 g/mol.